The summed E-state index contributed by atoms with van der Waals surface area (Å²) >= 11 is 0. The van der Waals surface area contributed by atoms with Gasteiger partial charge in [0.05, 0.1) is 11.1 Å². The lowest BCUT2D eigenvalue weighted by molar-refractivity contribution is -0.143. The van der Waals surface area contributed by atoms with E-state index < -0.39 is 41.5 Å². The van der Waals surface area contributed by atoms with Gasteiger partial charge in [0, 0.05) is 24.5 Å². The van der Waals surface area contributed by atoms with Crippen LogP contribution < -0.4 is 10.9 Å². The van der Waals surface area contributed by atoms with E-state index in [-0.39, 0.29) is 17.3 Å². The van der Waals surface area contributed by atoms with Crippen LogP contribution in [-0.4, -0.2) is 10.5 Å². The molecule has 38 heavy (non-hydrogen) atoms. The largest absolute Gasteiger partial charge is 0.416 e. The fourth-order valence-corrected chi connectivity index (χ4v) is 4.58. The van der Waals surface area contributed by atoms with Crippen LogP contribution in [0.2, 0.25) is 0 Å². The van der Waals surface area contributed by atoms with Crippen LogP contribution in [0.15, 0.2) is 65.5 Å². The number of alkyl halides is 6. The highest BCUT2D eigenvalue weighted by atomic mass is 19.4. The monoisotopic (exact) mass is 532 g/mol. The third kappa shape index (κ3) is 5.03. The van der Waals surface area contributed by atoms with Crippen molar-refractivity contribution in [2.24, 2.45) is 7.05 Å². The molecule has 0 saturated heterocycles. The van der Waals surface area contributed by atoms with E-state index in [4.69, 9.17) is 0 Å². The SMILES string of the molecule is Cc1cccc(C)c1-c1c(C(=O)NCc2cc(C(F)(F)F)cc(C(F)(F)F)c2)n(C)c(=O)c2ccccc12. The maximum atomic E-state index is 13.5. The fourth-order valence-electron chi connectivity index (χ4n) is 4.58. The summed E-state index contributed by atoms with van der Waals surface area (Å²) in [7, 11) is 1.40. The van der Waals surface area contributed by atoms with E-state index >= 15 is 0 Å². The van der Waals surface area contributed by atoms with E-state index in [1.165, 1.54) is 7.05 Å². The minimum Gasteiger partial charge on any atom is -0.347 e. The Morgan fingerprint density at radius 3 is 1.84 bits per heavy atom. The Morgan fingerprint density at radius 2 is 1.32 bits per heavy atom. The van der Waals surface area contributed by atoms with Crippen LogP contribution in [-0.2, 0) is 25.9 Å². The quantitative estimate of drug-likeness (QED) is 0.294. The molecule has 0 bridgehead atoms. The molecular weight excluding hydrogens is 510 g/mol. The second-order valence-corrected chi connectivity index (χ2v) is 9.00. The number of hydrogen-bond donors (Lipinski definition) is 1. The topological polar surface area (TPSA) is 51.1 Å². The predicted octanol–water partition coefficient (Wildman–Crippen LogP) is 6.79. The number of benzene rings is 3. The van der Waals surface area contributed by atoms with Gasteiger partial charge in [-0.15, -0.1) is 0 Å². The van der Waals surface area contributed by atoms with Gasteiger partial charge in [-0.2, -0.15) is 26.3 Å². The molecule has 0 fully saturated rings. The molecule has 0 saturated carbocycles. The third-order valence-electron chi connectivity index (χ3n) is 6.35. The number of rotatable bonds is 4. The van der Waals surface area contributed by atoms with E-state index in [9.17, 15) is 35.9 Å². The van der Waals surface area contributed by atoms with Gasteiger partial charge in [-0.05, 0) is 65.8 Å². The zero-order chi connectivity index (χ0) is 28.0. The van der Waals surface area contributed by atoms with Crippen molar-refractivity contribution < 1.29 is 31.1 Å². The minimum absolute atomic E-state index is 0.0252. The molecule has 0 atom stereocenters. The number of pyridine rings is 1. The van der Waals surface area contributed by atoms with Crippen molar-refractivity contribution >= 4 is 16.7 Å². The molecular formula is C28H22F6N2O2. The molecule has 3 aromatic carbocycles. The summed E-state index contributed by atoms with van der Waals surface area (Å²) in [6.45, 7) is 3.05. The number of aryl methyl sites for hydroxylation is 2. The van der Waals surface area contributed by atoms with Crippen LogP contribution in [0.1, 0.15) is 38.3 Å². The number of nitrogens with one attached hydrogen (secondary N) is 1. The molecule has 4 nitrogen and oxygen atoms in total. The van der Waals surface area contributed by atoms with Gasteiger partial charge in [0.15, 0.2) is 0 Å². The second kappa shape index (κ2) is 9.66. The molecule has 0 radical (unpaired) electrons. The summed E-state index contributed by atoms with van der Waals surface area (Å²) < 4.78 is 80.8. The summed E-state index contributed by atoms with van der Waals surface area (Å²) in [5.41, 5.74) is -1.12. The van der Waals surface area contributed by atoms with Crippen molar-refractivity contribution in [3.05, 3.63) is 105 Å². The van der Waals surface area contributed by atoms with Gasteiger partial charge in [-0.3, -0.25) is 9.59 Å². The van der Waals surface area contributed by atoms with Gasteiger partial charge in [0.25, 0.3) is 11.5 Å². The molecule has 0 aliphatic carbocycles. The minimum atomic E-state index is -5.02. The average Bonchev–Trinajstić information content (AvgIpc) is 2.84. The van der Waals surface area contributed by atoms with Crippen LogP contribution in [0.5, 0.6) is 0 Å². The highest BCUT2D eigenvalue weighted by Gasteiger charge is 2.37. The van der Waals surface area contributed by atoms with Crippen molar-refractivity contribution in [3.8, 4) is 11.1 Å². The highest BCUT2D eigenvalue weighted by Crippen LogP contribution is 2.37. The normalized spacial score (nSPS) is 12.1. The van der Waals surface area contributed by atoms with Gasteiger partial charge in [-0.25, -0.2) is 0 Å². The number of fused-ring (bicyclic) bond motifs is 1. The second-order valence-electron chi connectivity index (χ2n) is 9.00. The highest BCUT2D eigenvalue weighted by molar-refractivity contribution is 6.09. The molecule has 1 heterocycles. The molecule has 4 rings (SSSR count). The average molecular weight is 532 g/mol. The lowest BCUT2D eigenvalue weighted by atomic mass is 9.90. The molecule has 0 aliphatic heterocycles. The zero-order valence-electron chi connectivity index (χ0n) is 20.5. The molecule has 0 unspecified atom stereocenters. The number of amides is 1. The van der Waals surface area contributed by atoms with Gasteiger partial charge in [0.1, 0.15) is 5.69 Å². The molecule has 1 aromatic heterocycles. The lowest BCUT2D eigenvalue weighted by Gasteiger charge is -2.20. The van der Waals surface area contributed by atoms with E-state index in [2.05, 4.69) is 5.32 Å². The maximum Gasteiger partial charge on any atom is 0.416 e. The van der Waals surface area contributed by atoms with Crippen LogP contribution >= 0.6 is 0 Å². The van der Waals surface area contributed by atoms with Crippen molar-refractivity contribution in [2.45, 2.75) is 32.7 Å². The van der Waals surface area contributed by atoms with Crippen molar-refractivity contribution in [1.29, 1.82) is 0 Å². The first kappa shape index (κ1) is 27.0. The number of carbonyl (C=O) groups excluding carboxylic acids is 1. The maximum absolute atomic E-state index is 13.5. The molecule has 1 N–H and O–H groups in total. The first-order valence-corrected chi connectivity index (χ1v) is 11.4. The number of hydrogen-bond acceptors (Lipinski definition) is 2. The van der Waals surface area contributed by atoms with E-state index in [1.54, 1.807) is 24.3 Å². The number of aromatic nitrogens is 1. The van der Waals surface area contributed by atoms with Gasteiger partial charge >= 0.3 is 12.4 Å². The predicted molar refractivity (Wildman–Crippen MR) is 132 cm³/mol. The Bertz CT molecular complexity index is 1560. The number of halogens is 6. The first-order chi connectivity index (χ1) is 17.7. The number of nitrogens with zero attached hydrogens (tertiary/aromatic N) is 1. The lowest BCUT2D eigenvalue weighted by Crippen LogP contribution is -2.32. The Labute approximate surface area is 213 Å². The van der Waals surface area contributed by atoms with Crippen molar-refractivity contribution in [1.82, 2.24) is 9.88 Å². The summed E-state index contributed by atoms with van der Waals surface area (Å²) in [4.78, 5) is 26.6. The van der Waals surface area contributed by atoms with E-state index in [0.717, 1.165) is 15.7 Å². The summed E-state index contributed by atoms with van der Waals surface area (Å²) in [5.74, 6) is -0.820. The van der Waals surface area contributed by atoms with Crippen LogP contribution in [0.25, 0.3) is 21.9 Å². The zero-order valence-corrected chi connectivity index (χ0v) is 20.5. The Balaban J connectivity index is 1.86. The Kier molecular flexibility index (Phi) is 6.86. The molecule has 4 aromatic rings. The smallest absolute Gasteiger partial charge is 0.347 e. The van der Waals surface area contributed by atoms with Gasteiger partial charge < -0.3 is 9.88 Å². The van der Waals surface area contributed by atoms with Crippen LogP contribution in [0.4, 0.5) is 26.3 Å². The van der Waals surface area contributed by atoms with Crippen molar-refractivity contribution in [2.75, 3.05) is 0 Å². The summed E-state index contributed by atoms with van der Waals surface area (Å²) in [6, 6.07) is 13.4. The van der Waals surface area contributed by atoms with Gasteiger partial charge in [-0.1, -0.05) is 36.4 Å². The molecule has 1 amide bonds. The van der Waals surface area contributed by atoms with Crippen LogP contribution in [0.3, 0.4) is 0 Å². The van der Waals surface area contributed by atoms with E-state index in [0.29, 0.717) is 34.0 Å². The molecule has 0 spiro atoms. The molecule has 10 heteroatoms. The Hall–Kier alpha value is -4.08. The van der Waals surface area contributed by atoms with Crippen molar-refractivity contribution in [3.63, 3.8) is 0 Å². The van der Waals surface area contributed by atoms with E-state index in [1.807, 2.05) is 32.0 Å². The standard InChI is InChI=1S/C28H22F6N2O2/c1-15-7-6-8-16(2)22(15)23-20-9-4-5-10-21(20)26(38)36(3)24(23)25(37)35-14-17-11-18(27(29,30)31)13-19(12-17)28(32,33)34/h4-13H,14H2,1-3H3,(H,35,37). The first-order valence-electron chi connectivity index (χ1n) is 11.4. The number of carbonyl (C=O) groups is 1. The molecule has 198 valence electrons. The fraction of sp³-hybridized carbons (Fsp3) is 0.214. The summed E-state index contributed by atoms with van der Waals surface area (Å²) in [6.07, 6.45) is -10.0. The van der Waals surface area contributed by atoms with Gasteiger partial charge in [0.2, 0.25) is 0 Å². The third-order valence-corrected chi connectivity index (χ3v) is 6.35. The Morgan fingerprint density at radius 1 is 0.789 bits per heavy atom. The van der Waals surface area contributed by atoms with Crippen LogP contribution in [0, 0.1) is 13.8 Å². The molecule has 0 aliphatic rings. The summed E-state index contributed by atoms with van der Waals surface area (Å²) in [5, 5.41) is 3.28.